The topological polar surface area (TPSA) is 21.3 Å². The fraction of sp³-hybridized carbons (Fsp3) is 0.600. The summed E-state index contributed by atoms with van der Waals surface area (Å²) in [5.74, 6) is 1.87. The van der Waals surface area contributed by atoms with Gasteiger partial charge in [0.05, 0.1) is 6.61 Å². The average Bonchev–Trinajstić information content (AvgIpc) is 2.35. The maximum Gasteiger partial charge on any atom is 0.119 e. The highest BCUT2D eigenvalue weighted by Crippen LogP contribution is 2.19. The number of rotatable bonds is 4. The fourth-order valence-corrected chi connectivity index (χ4v) is 2.32. The summed E-state index contributed by atoms with van der Waals surface area (Å²) in [6.07, 6.45) is 3.79. The number of hydrogen-bond donors (Lipinski definition) is 1. The minimum absolute atomic E-state index is 0. The quantitative estimate of drug-likeness (QED) is 0.903. The summed E-state index contributed by atoms with van der Waals surface area (Å²) in [6.45, 7) is 7.47. The second-order valence-corrected chi connectivity index (χ2v) is 5.08. The summed E-state index contributed by atoms with van der Waals surface area (Å²) in [6, 6.07) is 6.34. The molecule has 0 bridgehead atoms. The summed E-state index contributed by atoms with van der Waals surface area (Å²) in [7, 11) is 0. The van der Waals surface area contributed by atoms with Crippen molar-refractivity contribution in [3.63, 3.8) is 0 Å². The van der Waals surface area contributed by atoms with Gasteiger partial charge in [0, 0.05) is 0 Å². The molecule has 3 heteroatoms. The minimum Gasteiger partial charge on any atom is -0.494 e. The molecule has 0 radical (unpaired) electrons. The highest BCUT2D eigenvalue weighted by Gasteiger charge is 2.12. The molecule has 0 aliphatic carbocycles. The smallest absolute Gasteiger partial charge is 0.119 e. The van der Waals surface area contributed by atoms with Crippen molar-refractivity contribution in [2.45, 2.75) is 33.1 Å². The second kappa shape index (κ2) is 7.65. The minimum atomic E-state index is 0. The Bertz CT molecular complexity index is 362. The van der Waals surface area contributed by atoms with Crippen LogP contribution in [0.25, 0.3) is 0 Å². The van der Waals surface area contributed by atoms with Crippen molar-refractivity contribution >= 4 is 12.4 Å². The van der Waals surface area contributed by atoms with Crippen molar-refractivity contribution in [2.24, 2.45) is 5.92 Å². The van der Waals surface area contributed by atoms with E-state index in [1.54, 1.807) is 0 Å². The molecule has 102 valence electrons. The van der Waals surface area contributed by atoms with E-state index in [2.05, 4.69) is 37.4 Å². The van der Waals surface area contributed by atoms with Crippen molar-refractivity contribution < 1.29 is 4.74 Å². The molecule has 1 aliphatic rings. The van der Waals surface area contributed by atoms with Crippen molar-refractivity contribution in [3.05, 3.63) is 29.3 Å². The summed E-state index contributed by atoms with van der Waals surface area (Å²) in [5.41, 5.74) is 2.64. The molecule has 1 fully saturated rings. The maximum absolute atomic E-state index is 5.82. The van der Waals surface area contributed by atoms with Crippen LogP contribution in [-0.4, -0.2) is 19.7 Å². The van der Waals surface area contributed by atoms with Gasteiger partial charge in [-0.15, -0.1) is 12.4 Å². The van der Waals surface area contributed by atoms with E-state index in [-0.39, 0.29) is 12.4 Å². The van der Waals surface area contributed by atoms with Crippen molar-refractivity contribution in [1.82, 2.24) is 5.32 Å². The predicted molar refractivity (Wildman–Crippen MR) is 78.9 cm³/mol. The molecule has 0 atom stereocenters. The van der Waals surface area contributed by atoms with Crippen LogP contribution in [0, 0.1) is 19.8 Å². The first-order valence-corrected chi connectivity index (χ1v) is 6.66. The molecule has 1 aliphatic heterocycles. The predicted octanol–water partition coefficient (Wildman–Crippen LogP) is 3.49. The summed E-state index contributed by atoms with van der Waals surface area (Å²) in [5, 5.41) is 3.40. The molecule has 0 spiro atoms. The SMILES string of the molecule is Cc1ccc(OCCC2CCNCC2)cc1C.Cl. The zero-order valence-corrected chi connectivity index (χ0v) is 12.2. The van der Waals surface area contributed by atoms with Gasteiger partial charge in [-0.2, -0.15) is 0 Å². The molecule has 1 aromatic rings. The molecule has 1 aromatic carbocycles. The van der Waals surface area contributed by atoms with Gasteiger partial charge in [-0.05, 0) is 75.4 Å². The van der Waals surface area contributed by atoms with Crippen LogP contribution in [0.3, 0.4) is 0 Å². The monoisotopic (exact) mass is 269 g/mol. The molecule has 1 heterocycles. The Morgan fingerprint density at radius 1 is 1.17 bits per heavy atom. The number of ether oxygens (including phenoxy) is 1. The first kappa shape index (κ1) is 15.3. The zero-order valence-electron chi connectivity index (χ0n) is 11.4. The van der Waals surface area contributed by atoms with E-state index in [9.17, 15) is 0 Å². The van der Waals surface area contributed by atoms with Gasteiger partial charge < -0.3 is 10.1 Å². The first-order valence-electron chi connectivity index (χ1n) is 6.66. The van der Waals surface area contributed by atoms with Crippen LogP contribution in [0.2, 0.25) is 0 Å². The number of hydrogen-bond acceptors (Lipinski definition) is 2. The van der Waals surface area contributed by atoms with Gasteiger partial charge in [-0.1, -0.05) is 6.07 Å². The third kappa shape index (κ3) is 4.51. The Labute approximate surface area is 117 Å². The lowest BCUT2D eigenvalue weighted by Gasteiger charge is -2.22. The van der Waals surface area contributed by atoms with E-state index >= 15 is 0 Å². The third-order valence-corrected chi connectivity index (χ3v) is 3.73. The van der Waals surface area contributed by atoms with Crippen molar-refractivity contribution in [1.29, 1.82) is 0 Å². The Morgan fingerprint density at radius 3 is 2.56 bits per heavy atom. The normalized spacial score (nSPS) is 16.1. The molecule has 0 amide bonds. The third-order valence-electron chi connectivity index (χ3n) is 3.73. The van der Waals surface area contributed by atoms with Gasteiger partial charge in [-0.25, -0.2) is 0 Å². The molecular weight excluding hydrogens is 246 g/mol. The number of piperidine rings is 1. The number of halogens is 1. The largest absolute Gasteiger partial charge is 0.494 e. The van der Waals surface area contributed by atoms with Crippen LogP contribution in [0.5, 0.6) is 5.75 Å². The molecule has 2 nitrogen and oxygen atoms in total. The number of benzene rings is 1. The summed E-state index contributed by atoms with van der Waals surface area (Å²) < 4.78 is 5.82. The van der Waals surface area contributed by atoms with Crippen LogP contribution in [0.4, 0.5) is 0 Å². The van der Waals surface area contributed by atoms with E-state index < -0.39 is 0 Å². The molecule has 1 saturated heterocycles. The highest BCUT2D eigenvalue weighted by atomic mass is 35.5. The van der Waals surface area contributed by atoms with Crippen molar-refractivity contribution in [3.8, 4) is 5.75 Å². The number of aryl methyl sites for hydroxylation is 2. The second-order valence-electron chi connectivity index (χ2n) is 5.08. The molecule has 2 rings (SSSR count). The highest BCUT2D eigenvalue weighted by molar-refractivity contribution is 5.85. The van der Waals surface area contributed by atoms with Crippen LogP contribution in [0.1, 0.15) is 30.4 Å². The van der Waals surface area contributed by atoms with Crippen LogP contribution in [0.15, 0.2) is 18.2 Å². The molecule has 0 saturated carbocycles. The van der Waals surface area contributed by atoms with E-state index in [0.29, 0.717) is 0 Å². The standard InChI is InChI=1S/C15H23NO.ClH/c1-12-3-4-15(11-13(12)2)17-10-7-14-5-8-16-9-6-14;/h3-4,11,14,16H,5-10H2,1-2H3;1H. The first-order chi connectivity index (χ1) is 8.25. The lowest BCUT2D eigenvalue weighted by Crippen LogP contribution is -2.28. The van der Waals surface area contributed by atoms with Gasteiger partial charge in [0.1, 0.15) is 5.75 Å². The Hall–Kier alpha value is -0.730. The Balaban J connectivity index is 0.00000162. The van der Waals surface area contributed by atoms with E-state index in [0.717, 1.165) is 18.3 Å². The summed E-state index contributed by atoms with van der Waals surface area (Å²) >= 11 is 0. The van der Waals surface area contributed by atoms with E-state index in [1.807, 2.05) is 0 Å². The lowest BCUT2D eigenvalue weighted by atomic mass is 9.95. The molecular formula is C15H24ClNO. The Morgan fingerprint density at radius 2 is 1.89 bits per heavy atom. The van der Waals surface area contributed by atoms with Crippen LogP contribution < -0.4 is 10.1 Å². The van der Waals surface area contributed by atoms with Gasteiger partial charge in [-0.3, -0.25) is 0 Å². The van der Waals surface area contributed by atoms with Crippen LogP contribution >= 0.6 is 12.4 Å². The van der Waals surface area contributed by atoms with Crippen molar-refractivity contribution in [2.75, 3.05) is 19.7 Å². The molecule has 0 unspecified atom stereocenters. The molecule has 18 heavy (non-hydrogen) atoms. The van der Waals surface area contributed by atoms with Gasteiger partial charge in [0.15, 0.2) is 0 Å². The Kier molecular flexibility index (Phi) is 6.51. The average molecular weight is 270 g/mol. The fourth-order valence-electron chi connectivity index (χ4n) is 2.32. The van der Waals surface area contributed by atoms with Gasteiger partial charge >= 0.3 is 0 Å². The van der Waals surface area contributed by atoms with Crippen LogP contribution in [-0.2, 0) is 0 Å². The van der Waals surface area contributed by atoms with Gasteiger partial charge in [0.2, 0.25) is 0 Å². The van der Waals surface area contributed by atoms with E-state index in [1.165, 1.54) is 43.5 Å². The molecule has 1 N–H and O–H groups in total. The number of nitrogens with one attached hydrogen (secondary N) is 1. The molecule has 0 aromatic heterocycles. The van der Waals surface area contributed by atoms with Gasteiger partial charge in [0.25, 0.3) is 0 Å². The maximum atomic E-state index is 5.82. The summed E-state index contributed by atoms with van der Waals surface area (Å²) in [4.78, 5) is 0. The van der Waals surface area contributed by atoms with E-state index in [4.69, 9.17) is 4.74 Å². The lowest BCUT2D eigenvalue weighted by molar-refractivity contribution is 0.251. The zero-order chi connectivity index (χ0) is 12.1.